The molecule has 0 aliphatic carbocycles. The van der Waals surface area contributed by atoms with Crippen LogP contribution in [-0.4, -0.2) is 9.97 Å². The molecule has 1 saturated heterocycles. The van der Waals surface area contributed by atoms with E-state index in [0.29, 0.717) is 0 Å². The van der Waals surface area contributed by atoms with Crippen LogP contribution in [0.5, 0.6) is 0 Å². The number of anilines is 2. The van der Waals surface area contributed by atoms with Gasteiger partial charge in [-0.05, 0) is 60.6 Å². The number of aromatic nitrogens is 2. The summed E-state index contributed by atoms with van der Waals surface area (Å²) in [5, 5.41) is 0. The lowest BCUT2D eigenvalue weighted by atomic mass is 10.4. The topological polar surface area (TPSA) is 32.3 Å². The standard InChI is InChI=1S/C12H12Cl2N4P2/c1-9-5-3-7-11(15-9)17-19(13)18(20(17)14)12-8-4-6-10(2)16-12/h3-8H,1-2H3. The highest BCUT2D eigenvalue weighted by Gasteiger charge is 2.48. The molecule has 1 fully saturated rings. The number of nitrogens with zero attached hydrogens (tertiary/aromatic N) is 4. The lowest BCUT2D eigenvalue weighted by Crippen LogP contribution is -2.33. The molecule has 0 spiro atoms. The quantitative estimate of drug-likeness (QED) is 0.687. The summed E-state index contributed by atoms with van der Waals surface area (Å²) in [6.45, 7) is 3.91. The Hall–Kier alpha value is -0.660. The van der Waals surface area contributed by atoms with Crippen LogP contribution in [0.4, 0.5) is 11.6 Å². The minimum absolute atomic E-state index is 0.830. The van der Waals surface area contributed by atoms with Gasteiger partial charge in [-0.2, -0.15) is 0 Å². The average molecular weight is 345 g/mol. The Bertz CT molecular complexity index is 579. The third kappa shape index (κ3) is 2.46. The highest BCUT2D eigenvalue weighted by Crippen LogP contribution is 2.82. The van der Waals surface area contributed by atoms with Gasteiger partial charge in [-0.1, -0.05) is 12.1 Å². The first-order valence-corrected chi connectivity index (χ1v) is 10.3. The molecule has 2 aromatic heterocycles. The summed E-state index contributed by atoms with van der Waals surface area (Å²) in [7, 11) is -2.10. The van der Waals surface area contributed by atoms with Crippen LogP contribution in [0.1, 0.15) is 11.4 Å². The average Bonchev–Trinajstić information content (AvgIpc) is 2.39. The second-order valence-corrected chi connectivity index (χ2v) is 9.34. The molecule has 4 nitrogen and oxygen atoms in total. The van der Waals surface area contributed by atoms with E-state index >= 15 is 0 Å². The number of aryl methyl sites for hydroxylation is 2. The maximum atomic E-state index is 6.52. The molecule has 1 aliphatic rings. The Morgan fingerprint density at radius 1 is 0.800 bits per heavy atom. The number of rotatable bonds is 2. The lowest BCUT2D eigenvalue weighted by Gasteiger charge is -2.50. The fourth-order valence-electron chi connectivity index (χ4n) is 1.87. The molecule has 3 heterocycles. The molecule has 20 heavy (non-hydrogen) atoms. The first kappa shape index (κ1) is 14.3. The Balaban J connectivity index is 1.86. The fourth-order valence-corrected chi connectivity index (χ4v) is 8.59. The SMILES string of the molecule is Cc1cccc(N2P(Cl)N(c3cccc(C)n3)P2Cl)n1. The zero-order valence-electron chi connectivity index (χ0n) is 10.9. The van der Waals surface area contributed by atoms with Crippen molar-refractivity contribution in [1.82, 2.24) is 9.97 Å². The fraction of sp³-hybridized carbons (Fsp3) is 0.167. The summed E-state index contributed by atoms with van der Waals surface area (Å²) in [4.78, 5) is 8.97. The molecule has 0 bridgehead atoms. The van der Waals surface area contributed by atoms with Gasteiger partial charge in [0.1, 0.15) is 11.6 Å². The maximum absolute atomic E-state index is 6.52. The Morgan fingerprint density at radius 3 is 1.55 bits per heavy atom. The van der Waals surface area contributed by atoms with E-state index in [1.54, 1.807) is 0 Å². The van der Waals surface area contributed by atoms with Crippen molar-refractivity contribution in [1.29, 1.82) is 0 Å². The Labute approximate surface area is 130 Å². The predicted octanol–water partition coefficient (Wildman–Crippen LogP) is 5.35. The van der Waals surface area contributed by atoms with E-state index in [1.807, 2.05) is 59.1 Å². The number of pyridine rings is 2. The van der Waals surface area contributed by atoms with E-state index in [9.17, 15) is 0 Å². The summed E-state index contributed by atoms with van der Waals surface area (Å²) < 4.78 is 3.95. The summed E-state index contributed by atoms with van der Waals surface area (Å²) in [6, 6.07) is 11.7. The van der Waals surface area contributed by atoms with Crippen molar-refractivity contribution in [2.45, 2.75) is 13.8 Å². The van der Waals surface area contributed by atoms with E-state index in [-0.39, 0.29) is 0 Å². The van der Waals surface area contributed by atoms with E-state index in [1.165, 1.54) is 0 Å². The van der Waals surface area contributed by atoms with Crippen molar-refractivity contribution in [3.63, 3.8) is 0 Å². The second-order valence-electron chi connectivity index (χ2n) is 4.33. The first-order chi connectivity index (χ1) is 9.58. The monoisotopic (exact) mass is 344 g/mol. The predicted molar refractivity (Wildman–Crippen MR) is 88.5 cm³/mol. The molecular formula is C12H12Cl2N4P2. The zero-order chi connectivity index (χ0) is 14.3. The van der Waals surface area contributed by atoms with Gasteiger partial charge < -0.3 is 0 Å². The van der Waals surface area contributed by atoms with Gasteiger partial charge >= 0.3 is 0 Å². The van der Waals surface area contributed by atoms with Gasteiger partial charge in [0.25, 0.3) is 0 Å². The van der Waals surface area contributed by atoms with Crippen LogP contribution in [0, 0.1) is 13.8 Å². The molecule has 1 aliphatic heterocycles. The molecule has 104 valence electrons. The van der Waals surface area contributed by atoms with Crippen LogP contribution >= 0.6 is 37.6 Å². The smallest absolute Gasteiger partial charge is 0.211 e. The molecule has 3 rings (SSSR count). The largest absolute Gasteiger partial charge is 0.252 e. The van der Waals surface area contributed by atoms with Crippen LogP contribution in [0.3, 0.4) is 0 Å². The summed E-state index contributed by atoms with van der Waals surface area (Å²) in [5.41, 5.74) is 1.91. The second kappa shape index (κ2) is 5.61. The Morgan fingerprint density at radius 2 is 1.20 bits per heavy atom. The number of hydrogen-bond acceptors (Lipinski definition) is 4. The van der Waals surface area contributed by atoms with Crippen molar-refractivity contribution >= 4 is 49.3 Å². The van der Waals surface area contributed by atoms with Gasteiger partial charge in [0.2, 0.25) is 15.2 Å². The third-order valence-electron chi connectivity index (χ3n) is 2.78. The van der Waals surface area contributed by atoms with E-state index in [2.05, 4.69) is 9.97 Å². The van der Waals surface area contributed by atoms with Crippen LogP contribution < -0.4 is 8.88 Å². The van der Waals surface area contributed by atoms with E-state index < -0.39 is 15.2 Å². The molecule has 8 heteroatoms. The molecule has 2 aromatic rings. The molecule has 0 amide bonds. The number of halogens is 2. The van der Waals surface area contributed by atoms with Gasteiger partial charge in [-0.25, -0.2) is 9.97 Å². The van der Waals surface area contributed by atoms with Crippen molar-refractivity contribution in [3.8, 4) is 0 Å². The molecule has 0 atom stereocenters. The normalized spacial score (nSPS) is 21.8. The third-order valence-corrected chi connectivity index (χ3v) is 9.97. The minimum atomic E-state index is -1.05. The molecule has 0 unspecified atom stereocenters. The van der Waals surface area contributed by atoms with Gasteiger partial charge in [-0.15, -0.1) is 0 Å². The highest BCUT2D eigenvalue weighted by molar-refractivity contribution is 8.15. The van der Waals surface area contributed by atoms with Crippen LogP contribution in [-0.2, 0) is 0 Å². The van der Waals surface area contributed by atoms with Crippen molar-refractivity contribution < 1.29 is 0 Å². The maximum Gasteiger partial charge on any atom is 0.211 e. The van der Waals surface area contributed by atoms with Crippen LogP contribution in [0.2, 0.25) is 0 Å². The number of hydrogen-bond donors (Lipinski definition) is 0. The summed E-state index contributed by atoms with van der Waals surface area (Å²) in [6.07, 6.45) is 0. The van der Waals surface area contributed by atoms with Gasteiger partial charge in [-0.3, -0.25) is 8.88 Å². The molecular weight excluding hydrogens is 333 g/mol. The zero-order valence-corrected chi connectivity index (χ0v) is 14.2. The lowest BCUT2D eigenvalue weighted by molar-refractivity contribution is 1.16. The molecule has 0 radical (unpaired) electrons. The van der Waals surface area contributed by atoms with Crippen molar-refractivity contribution in [3.05, 3.63) is 47.8 Å². The molecule has 0 aromatic carbocycles. The van der Waals surface area contributed by atoms with Gasteiger partial charge in [0, 0.05) is 11.4 Å². The first-order valence-electron chi connectivity index (χ1n) is 5.97. The van der Waals surface area contributed by atoms with E-state index in [4.69, 9.17) is 22.5 Å². The Kier molecular flexibility index (Phi) is 4.01. The van der Waals surface area contributed by atoms with Crippen LogP contribution in [0.15, 0.2) is 36.4 Å². The van der Waals surface area contributed by atoms with Crippen molar-refractivity contribution in [2.24, 2.45) is 0 Å². The van der Waals surface area contributed by atoms with Crippen LogP contribution in [0.25, 0.3) is 0 Å². The van der Waals surface area contributed by atoms with Gasteiger partial charge in [0.05, 0.1) is 0 Å². The van der Waals surface area contributed by atoms with E-state index in [0.717, 1.165) is 23.0 Å². The highest BCUT2D eigenvalue weighted by atomic mass is 35.7. The molecule has 0 N–H and O–H groups in total. The summed E-state index contributed by atoms with van der Waals surface area (Å²) in [5.74, 6) is 1.66. The van der Waals surface area contributed by atoms with Gasteiger partial charge in [0.15, 0.2) is 0 Å². The summed E-state index contributed by atoms with van der Waals surface area (Å²) >= 11 is 13.0. The minimum Gasteiger partial charge on any atom is -0.252 e. The van der Waals surface area contributed by atoms with Crippen molar-refractivity contribution in [2.75, 3.05) is 8.88 Å². The molecule has 0 saturated carbocycles.